The summed E-state index contributed by atoms with van der Waals surface area (Å²) in [5, 5.41) is 4.56. The van der Waals surface area contributed by atoms with E-state index in [1.165, 1.54) is 40.7 Å². The number of ether oxygens (including phenoxy) is 3. The SMILES string of the molecule is CCOC(=O)Cc1csc(NC(=O)C(Oc2ccc(Cl)cc2F)c2ccc(S(=O)(=O)N3CCOCC3)cc2)n1. The standard InChI is InChI=1S/C25H25ClFN3O7S2/c1-2-36-22(31)14-18-15-38-25(28-18)29-24(32)23(37-21-8-5-17(26)13-20(21)27)16-3-6-19(7-4-16)39(33,34)30-9-11-35-12-10-30/h3-8,13,15,23H,2,9-12,14H2,1H3,(H,28,29,32). The van der Waals surface area contributed by atoms with Gasteiger partial charge in [0.05, 0.1) is 36.8 Å². The lowest BCUT2D eigenvalue weighted by Crippen LogP contribution is -2.40. The monoisotopic (exact) mass is 597 g/mol. The number of morpholine rings is 1. The van der Waals surface area contributed by atoms with E-state index in [1.807, 2.05) is 0 Å². The molecular formula is C25H25ClFN3O7S2. The van der Waals surface area contributed by atoms with Gasteiger partial charge in [-0.1, -0.05) is 23.7 Å². The summed E-state index contributed by atoms with van der Waals surface area (Å²) in [6.07, 6.45) is -1.44. The summed E-state index contributed by atoms with van der Waals surface area (Å²) in [5.41, 5.74) is 0.679. The van der Waals surface area contributed by atoms with Crippen LogP contribution < -0.4 is 10.1 Å². The largest absolute Gasteiger partial charge is 0.473 e. The zero-order valence-corrected chi connectivity index (χ0v) is 23.2. The van der Waals surface area contributed by atoms with E-state index in [4.69, 9.17) is 25.8 Å². The van der Waals surface area contributed by atoms with Crippen molar-refractivity contribution in [2.24, 2.45) is 0 Å². The molecule has 1 aliphatic rings. The van der Waals surface area contributed by atoms with Crippen LogP contribution in [0.2, 0.25) is 5.02 Å². The first-order valence-electron chi connectivity index (χ1n) is 11.9. The van der Waals surface area contributed by atoms with Crippen LogP contribution in [0.3, 0.4) is 0 Å². The van der Waals surface area contributed by atoms with Crippen LogP contribution in [0.15, 0.2) is 52.7 Å². The van der Waals surface area contributed by atoms with Crippen molar-refractivity contribution in [3.8, 4) is 5.75 Å². The molecule has 0 saturated carbocycles. The Hall–Kier alpha value is -3.10. The van der Waals surface area contributed by atoms with Crippen molar-refractivity contribution in [2.45, 2.75) is 24.3 Å². The van der Waals surface area contributed by atoms with Gasteiger partial charge in [-0.25, -0.2) is 17.8 Å². The van der Waals surface area contributed by atoms with Gasteiger partial charge in [-0.3, -0.25) is 14.9 Å². The predicted octanol–water partition coefficient (Wildman–Crippen LogP) is 3.82. The molecule has 14 heteroatoms. The molecular weight excluding hydrogens is 573 g/mol. The summed E-state index contributed by atoms with van der Waals surface area (Å²) >= 11 is 6.93. The first kappa shape index (κ1) is 28.9. The van der Waals surface area contributed by atoms with Crippen LogP contribution >= 0.6 is 22.9 Å². The third-order valence-electron chi connectivity index (χ3n) is 5.58. The molecule has 208 valence electrons. The molecule has 1 atom stereocenters. The molecule has 39 heavy (non-hydrogen) atoms. The van der Waals surface area contributed by atoms with Gasteiger partial charge in [-0.15, -0.1) is 11.3 Å². The van der Waals surface area contributed by atoms with Crippen LogP contribution in [-0.2, 0) is 35.5 Å². The highest BCUT2D eigenvalue weighted by molar-refractivity contribution is 7.89. The van der Waals surface area contributed by atoms with E-state index in [2.05, 4.69) is 10.3 Å². The van der Waals surface area contributed by atoms with Crippen LogP contribution in [0.5, 0.6) is 5.75 Å². The summed E-state index contributed by atoms with van der Waals surface area (Å²) < 4.78 is 57.7. The topological polar surface area (TPSA) is 124 Å². The first-order valence-corrected chi connectivity index (χ1v) is 14.6. The lowest BCUT2D eigenvalue weighted by Gasteiger charge is -2.26. The number of nitrogens with one attached hydrogen (secondary N) is 1. The number of hydrogen-bond donors (Lipinski definition) is 1. The molecule has 2 heterocycles. The van der Waals surface area contributed by atoms with Gasteiger partial charge >= 0.3 is 5.97 Å². The average Bonchev–Trinajstić information content (AvgIpc) is 3.35. The predicted molar refractivity (Wildman–Crippen MR) is 142 cm³/mol. The Balaban J connectivity index is 1.58. The average molecular weight is 598 g/mol. The summed E-state index contributed by atoms with van der Waals surface area (Å²) in [5.74, 6) is -2.15. The third kappa shape index (κ3) is 7.31. The van der Waals surface area contributed by atoms with Crippen LogP contribution in [0.1, 0.15) is 24.3 Å². The lowest BCUT2D eigenvalue weighted by molar-refractivity contribution is -0.142. The summed E-state index contributed by atoms with van der Waals surface area (Å²) in [7, 11) is -3.76. The smallest absolute Gasteiger partial charge is 0.311 e. The quantitative estimate of drug-likeness (QED) is 0.350. The molecule has 10 nitrogen and oxygen atoms in total. The van der Waals surface area contributed by atoms with Crippen molar-refractivity contribution in [3.63, 3.8) is 0 Å². The molecule has 1 N–H and O–H groups in total. The van der Waals surface area contributed by atoms with Crippen molar-refractivity contribution in [1.82, 2.24) is 9.29 Å². The second kappa shape index (κ2) is 12.8. The fourth-order valence-corrected chi connectivity index (χ4v) is 5.98. The maximum absolute atomic E-state index is 14.5. The molecule has 1 saturated heterocycles. The maximum Gasteiger partial charge on any atom is 0.311 e. The van der Waals surface area contributed by atoms with E-state index >= 15 is 0 Å². The van der Waals surface area contributed by atoms with Crippen LogP contribution in [-0.4, -0.2) is 62.5 Å². The van der Waals surface area contributed by atoms with Gasteiger partial charge in [0.25, 0.3) is 5.91 Å². The lowest BCUT2D eigenvalue weighted by atomic mass is 10.1. The van der Waals surface area contributed by atoms with Crippen LogP contribution in [0.25, 0.3) is 0 Å². The number of esters is 1. The van der Waals surface area contributed by atoms with Gasteiger partial charge in [0, 0.05) is 29.1 Å². The molecule has 3 aromatic rings. The number of benzene rings is 2. The molecule has 0 radical (unpaired) electrons. The van der Waals surface area contributed by atoms with E-state index in [-0.39, 0.29) is 52.5 Å². The Kier molecular flexibility index (Phi) is 9.51. The van der Waals surface area contributed by atoms with Gasteiger partial charge in [0.2, 0.25) is 16.1 Å². The number of carbonyl (C=O) groups excluding carboxylic acids is 2. The second-order valence-corrected chi connectivity index (χ2v) is 11.5. The van der Waals surface area contributed by atoms with E-state index in [0.29, 0.717) is 18.9 Å². The Morgan fingerprint density at radius 3 is 2.59 bits per heavy atom. The Labute approximate surface area is 233 Å². The van der Waals surface area contributed by atoms with Crippen molar-refractivity contribution in [1.29, 1.82) is 0 Å². The number of amides is 1. The summed E-state index contributed by atoms with van der Waals surface area (Å²) in [6, 6.07) is 9.34. The molecule has 1 aliphatic heterocycles. The molecule has 0 spiro atoms. The summed E-state index contributed by atoms with van der Waals surface area (Å²) in [4.78, 5) is 29.3. The fourth-order valence-electron chi connectivity index (χ4n) is 3.70. The van der Waals surface area contributed by atoms with Gasteiger partial charge in [0.15, 0.2) is 16.7 Å². The molecule has 0 bridgehead atoms. The molecule has 1 amide bonds. The molecule has 0 aliphatic carbocycles. The molecule has 1 fully saturated rings. The Morgan fingerprint density at radius 2 is 1.92 bits per heavy atom. The Morgan fingerprint density at radius 1 is 1.21 bits per heavy atom. The normalized spacial score (nSPS) is 14.9. The van der Waals surface area contributed by atoms with E-state index in [0.717, 1.165) is 17.4 Å². The number of halogens is 2. The van der Waals surface area contributed by atoms with Crippen LogP contribution in [0, 0.1) is 5.82 Å². The number of nitrogens with zero attached hydrogens (tertiary/aromatic N) is 2. The minimum absolute atomic E-state index is 0.0357. The Bertz CT molecular complexity index is 1430. The second-order valence-electron chi connectivity index (χ2n) is 8.27. The van der Waals surface area contributed by atoms with Crippen molar-refractivity contribution < 1.29 is 36.6 Å². The van der Waals surface area contributed by atoms with Crippen LogP contribution in [0.4, 0.5) is 9.52 Å². The first-order chi connectivity index (χ1) is 18.7. The van der Waals surface area contributed by atoms with Gasteiger partial charge < -0.3 is 14.2 Å². The van der Waals surface area contributed by atoms with Gasteiger partial charge in [-0.05, 0) is 37.3 Å². The van der Waals surface area contributed by atoms with Gasteiger partial charge in [-0.2, -0.15) is 4.31 Å². The number of aromatic nitrogens is 1. The zero-order valence-electron chi connectivity index (χ0n) is 20.8. The molecule has 2 aromatic carbocycles. The number of hydrogen-bond acceptors (Lipinski definition) is 9. The van der Waals surface area contributed by atoms with E-state index in [1.54, 1.807) is 12.3 Å². The fraction of sp³-hybridized carbons (Fsp3) is 0.320. The molecule has 1 unspecified atom stereocenters. The highest BCUT2D eigenvalue weighted by Gasteiger charge is 2.29. The highest BCUT2D eigenvalue weighted by Crippen LogP contribution is 2.29. The van der Waals surface area contributed by atoms with Gasteiger partial charge in [0.1, 0.15) is 0 Å². The minimum atomic E-state index is -3.76. The number of thiazole rings is 1. The maximum atomic E-state index is 14.5. The number of carbonyl (C=O) groups is 2. The number of rotatable bonds is 10. The zero-order chi connectivity index (χ0) is 28.0. The van der Waals surface area contributed by atoms with Crippen molar-refractivity contribution >= 4 is 50.0 Å². The highest BCUT2D eigenvalue weighted by atomic mass is 35.5. The van der Waals surface area contributed by atoms with Crippen molar-refractivity contribution in [2.75, 3.05) is 38.2 Å². The van der Waals surface area contributed by atoms with E-state index in [9.17, 15) is 22.4 Å². The summed E-state index contributed by atoms with van der Waals surface area (Å²) in [6.45, 7) is 3.01. The van der Waals surface area contributed by atoms with E-state index < -0.39 is 33.8 Å². The minimum Gasteiger partial charge on any atom is -0.473 e. The van der Waals surface area contributed by atoms with Crippen molar-refractivity contribution in [3.05, 3.63) is 69.9 Å². The number of anilines is 1. The number of sulfonamides is 1. The third-order valence-corrected chi connectivity index (χ3v) is 8.53. The molecule has 4 rings (SSSR count). The molecule has 1 aromatic heterocycles.